The van der Waals surface area contributed by atoms with Crippen molar-refractivity contribution in [1.82, 2.24) is 0 Å². The Morgan fingerprint density at radius 2 is 2.06 bits per heavy atom. The quantitative estimate of drug-likeness (QED) is 0.895. The fourth-order valence-electron chi connectivity index (χ4n) is 2.45. The average Bonchev–Trinajstić information content (AvgIpc) is 3.19. The number of hydrogen-bond acceptors (Lipinski definition) is 2. The molecule has 2 aliphatic rings. The molecule has 0 aromatic heterocycles. The van der Waals surface area contributed by atoms with Crippen LogP contribution in [-0.4, -0.2) is 12.6 Å². The Morgan fingerprint density at radius 1 is 1.33 bits per heavy atom. The predicted octanol–water partition coefficient (Wildman–Crippen LogP) is 3.85. The van der Waals surface area contributed by atoms with E-state index in [1.165, 1.54) is 48.0 Å². The number of benzene rings is 1. The summed E-state index contributed by atoms with van der Waals surface area (Å²) in [6.07, 6.45) is 5.54. The zero-order valence-corrected chi connectivity index (χ0v) is 12.5. The number of rotatable bonds is 5. The molecular formula is C15H21BrN2. The van der Waals surface area contributed by atoms with Crippen molar-refractivity contribution >= 4 is 21.6 Å². The van der Waals surface area contributed by atoms with Gasteiger partial charge in [-0.15, -0.1) is 0 Å². The van der Waals surface area contributed by atoms with Gasteiger partial charge >= 0.3 is 0 Å². The number of nitrogens with zero attached hydrogens (tertiary/aromatic N) is 1. The lowest BCUT2D eigenvalue weighted by atomic mass is 10.1. The fraction of sp³-hybridized carbons (Fsp3) is 0.600. The van der Waals surface area contributed by atoms with Gasteiger partial charge in [-0.05, 0) is 72.2 Å². The molecular weight excluding hydrogens is 288 g/mol. The first kappa shape index (κ1) is 12.5. The van der Waals surface area contributed by atoms with Crippen LogP contribution in [0.1, 0.15) is 44.2 Å². The third-order valence-corrected chi connectivity index (χ3v) is 4.58. The molecule has 98 valence electrons. The van der Waals surface area contributed by atoms with Gasteiger partial charge in [-0.3, -0.25) is 0 Å². The van der Waals surface area contributed by atoms with Gasteiger partial charge in [0.15, 0.2) is 0 Å². The molecule has 3 rings (SSSR count). The second kappa shape index (κ2) is 4.86. The highest BCUT2D eigenvalue weighted by Gasteiger charge is 2.34. The smallest absolute Gasteiger partial charge is 0.0513 e. The van der Waals surface area contributed by atoms with Gasteiger partial charge in [0.2, 0.25) is 0 Å². The normalized spacial score (nSPS) is 20.8. The van der Waals surface area contributed by atoms with Crippen molar-refractivity contribution in [3.05, 3.63) is 28.2 Å². The van der Waals surface area contributed by atoms with Gasteiger partial charge in [-0.2, -0.15) is 0 Å². The van der Waals surface area contributed by atoms with E-state index in [9.17, 15) is 0 Å². The average molecular weight is 309 g/mol. The molecule has 3 heteroatoms. The zero-order valence-electron chi connectivity index (χ0n) is 10.9. The van der Waals surface area contributed by atoms with Gasteiger partial charge < -0.3 is 10.6 Å². The summed E-state index contributed by atoms with van der Waals surface area (Å²) in [4.78, 5) is 2.60. The maximum Gasteiger partial charge on any atom is 0.0513 e. The van der Waals surface area contributed by atoms with Crippen molar-refractivity contribution in [2.24, 2.45) is 11.7 Å². The van der Waals surface area contributed by atoms with Crippen molar-refractivity contribution in [1.29, 1.82) is 0 Å². The van der Waals surface area contributed by atoms with Crippen molar-refractivity contribution in [3.63, 3.8) is 0 Å². The Kier molecular flexibility index (Phi) is 3.37. The second-order valence-electron chi connectivity index (χ2n) is 5.83. The summed E-state index contributed by atoms with van der Waals surface area (Å²) in [7, 11) is 0. The molecule has 2 nitrogen and oxygen atoms in total. The van der Waals surface area contributed by atoms with E-state index in [4.69, 9.17) is 5.73 Å². The fourth-order valence-corrected chi connectivity index (χ4v) is 3.07. The van der Waals surface area contributed by atoms with Crippen LogP contribution in [0.4, 0.5) is 5.69 Å². The van der Waals surface area contributed by atoms with E-state index >= 15 is 0 Å². The molecule has 0 bridgehead atoms. The summed E-state index contributed by atoms with van der Waals surface area (Å²) >= 11 is 3.73. The van der Waals surface area contributed by atoms with Crippen LogP contribution in [0.25, 0.3) is 0 Å². The van der Waals surface area contributed by atoms with Crippen molar-refractivity contribution in [2.75, 3.05) is 11.4 Å². The summed E-state index contributed by atoms with van der Waals surface area (Å²) < 4.78 is 1.20. The minimum Gasteiger partial charge on any atom is -0.367 e. The predicted molar refractivity (Wildman–Crippen MR) is 79.8 cm³/mol. The Bertz CT molecular complexity index is 436. The van der Waals surface area contributed by atoms with Gasteiger partial charge in [0.05, 0.1) is 5.69 Å². The van der Waals surface area contributed by atoms with Crippen LogP contribution in [0.15, 0.2) is 22.7 Å². The zero-order chi connectivity index (χ0) is 12.7. The van der Waals surface area contributed by atoms with E-state index in [2.05, 4.69) is 39.0 Å². The molecule has 1 atom stereocenters. The third-order valence-electron chi connectivity index (χ3n) is 3.95. The molecule has 18 heavy (non-hydrogen) atoms. The lowest BCUT2D eigenvalue weighted by Crippen LogP contribution is -2.28. The van der Waals surface area contributed by atoms with Crippen LogP contribution in [-0.2, 0) is 0 Å². The molecule has 0 aliphatic heterocycles. The van der Waals surface area contributed by atoms with Gasteiger partial charge in [0, 0.05) is 23.1 Å². The van der Waals surface area contributed by atoms with E-state index in [1.54, 1.807) is 0 Å². The third kappa shape index (κ3) is 2.72. The molecule has 1 aromatic carbocycles. The first-order valence-electron chi connectivity index (χ1n) is 6.97. The van der Waals surface area contributed by atoms with E-state index in [0.717, 1.165) is 12.0 Å². The molecule has 0 amide bonds. The highest BCUT2D eigenvalue weighted by Crippen LogP contribution is 2.40. The van der Waals surface area contributed by atoms with Crippen LogP contribution in [0, 0.1) is 5.92 Å². The Hall–Kier alpha value is -0.540. The number of anilines is 1. The van der Waals surface area contributed by atoms with Gasteiger partial charge in [-0.25, -0.2) is 0 Å². The van der Waals surface area contributed by atoms with Gasteiger partial charge in [0.25, 0.3) is 0 Å². The molecule has 2 aliphatic carbocycles. The highest BCUT2D eigenvalue weighted by molar-refractivity contribution is 9.10. The van der Waals surface area contributed by atoms with Gasteiger partial charge in [0.1, 0.15) is 0 Å². The summed E-state index contributed by atoms with van der Waals surface area (Å²) in [5.41, 5.74) is 8.49. The molecule has 1 aromatic rings. The summed E-state index contributed by atoms with van der Waals surface area (Å²) in [6.45, 7) is 3.27. The molecule has 2 saturated carbocycles. The van der Waals surface area contributed by atoms with Crippen LogP contribution >= 0.6 is 15.9 Å². The summed E-state index contributed by atoms with van der Waals surface area (Å²) in [6, 6.07) is 7.48. The van der Waals surface area contributed by atoms with Gasteiger partial charge in [-0.1, -0.05) is 6.07 Å². The maximum atomic E-state index is 5.94. The maximum absolute atomic E-state index is 5.94. The largest absolute Gasteiger partial charge is 0.367 e. The Labute approximate surface area is 118 Å². The molecule has 2 N–H and O–H groups in total. The van der Waals surface area contributed by atoms with E-state index in [1.807, 2.05) is 6.92 Å². The number of nitrogens with two attached hydrogens (primary N) is 1. The topological polar surface area (TPSA) is 29.3 Å². The minimum absolute atomic E-state index is 0.105. The van der Waals surface area contributed by atoms with E-state index < -0.39 is 0 Å². The lowest BCUT2D eigenvalue weighted by Gasteiger charge is -2.26. The molecule has 0 saturated heterocycles. The molecule has 0 spiro atoms. The van der Waals surface area contributed by atoms with Crippen molar-refractivity contribution < 1.29 is 0 Å². The SMILES string of the molecule is C[C@@H](N)c1ccc(N(CC2CC2)C2CC2)c(Br)c1. The number of hydrogen-bond donors (Lipinski definition) is 1. The van der Waals surface area contributed by atoms with Crippen LogP contribution in [0.2, 0.25) is 0 Å². The van der Waals surface area contributed by atoms with E-state index in [0.29, 0.717) is 0 Å². The molecule has 0 unspecified atom stereocenters. The minimum atomic E-state index is 0.105. The monoisotopic (exact) mass is 308 g/mol. The number of halogens is 1. The standard InChI is InChI=1S/C15H21BrN2/c1-10(17)12-4-7-15(14(16)8-12)18(13-5-6-13)9-11-2-3-11/h4,7-8,10-11,13H,2-3,5-6,9,17H2,1H3/t10-/m1/s1. The molecule has 0 radical (unpaired) electrons. The first-order valence-corrected chi connectivity index (χ1v) is 7.76. The lowest BCUT2D eigenvalue weighted by molar-refractivity contribution is 0.716. The van der Waals surface area contributed by atoms with Crippen LogP contribution in [0.3, 0.4) is 0 Å². The Balaban J connectivity index is 1.83. The highest BCUT2D eigenvalue weighted by atomic mass is 79.9. The molecule has 2 fully saturated rings. The van der Waals surface area contributed by atoms with Crippen molar-refractivity contribution in [3.8, 4) is 0 Å². The second-order valence-corrected chi connectivity index (χ2v) is 6.68. The van der Waals surface area contributed by atoms with Crippen molar-refractivity contribution in [2.45, 2.75) is 44.7 Å². The first-order chi connectivity index (χ1) is 8.65. The Morgan fingerprint density at radius 3 is 2.56 bits per heavy atom. The summed E-state index contributed by atoms with van der Waals surface area (Å²) in [5, 5.41) is 0. The molecule has 0 heterocycles. The van der Waals surface area contributed by atoms with Crippen LogP contribution < -0.4 is 10.6 Å². The van der Waals surface area contributed by atoms with E-state index in [-0.39, 0.29) is 6.04 Å². The summed E-state index contributed by atoms with van der Waals surface area (Å²) in [5.74, 6) is 0.936. The van der Waals surface area contributed by atoms with Crippen LogP contribution in [0.5, 0.6) is 0 Å².